The third-order valence-corrected chi connectivity index (χ3v) is 7.68. The molecule has 0 amide bonds. The molecule has 8 heteroatoms. The Labute approximate surface area is 162 Å². The Kier molecular flexibility index (Phi) is 5.42. The number of sulfonamides is 1. The van der Waals surface area contributed by atoms with E-state index in [9.17, 15) is 8.42 Å². The first kappa shape index (κ1) is 19.1. The average molecular weight is 395 g/mol. The number of rotatable bonds is 3. The van der Waals surface area contributed by atoms with E-state index in [4.69, 9.17) is 4.74 Å². The van der Waals surface area contributed by atoms with Crippen molar-refractivity contribution in [1.82, 2.24) is 14.2 Å². The second-order valence-corrected chi connectivity index (χ2v) is 10.0. The van der Waals surface area contributed by atoms with Crippen molar-refractivity contribution in [2.24, 2.45) is 0 Å². The highest BCUT2D eigenvalue weighted by Crippen LogP contribution is 2.37. The van der Waals surface area contributed by atoms with Crippen molar-refractivity contribution in [2.45, 2.75) is 37.3 Å². The molecule has 1 atom stereocenters. The van der Waals surface area contributed by atoms with Gasteiger partial charge in [0.2, 0.25) is 10.0 Å². The highest BCUT2D eigenvalue weighted by atomic mass is 32.2. The second kappa shape index (κ2) is 7.66. The van der Waals surface area contributed by atoms with Crippen molar-refractivity contribution in [1.29, 1.82) is 0 Å². The normalized spacial score (nSPS) is 27.7. The standard InChI is InChI=1S/C19H30N4O3S/c1-27(24,25)23-9-6-19(7-10-23)16-17(5-15-26-19)21-11-13-22(14-12-21)18-4-2-3-8-20-18/h2-4,8,17H,5-7,9-16H2,1H3/t17-/m0/s1. The van der Waals surface area contributed by atoms with Crippen molar-refractivity contribution in [2.75, 3.05) is 57.0 Å². The van der Waals surface area contributed by atoms with Crippen molar-refractivity contribution in [3.63, 3.8) is 0 Å². The zero-order chi connectivity index (χ0) is 18.9. The Morgan fingerprint density at radius 3 is 2.48 bits per heavy atom. The zero-order valence-electron chi connectivity index (χ0n) is 16.1. The van der Waals surface area contributed by atoms with E-state index in [1.165, 1.54) is 6.26 Å². The van der Waals surface area contributed by atoms with Crippen LogP contribution in [-0.2, 0) is 14.8 Å². The minimum Gasteiger partial charge on any atom is -0.375 e. The summed E-state index contributed by atoms with van der Waals surface area (Å²) in [5, 5.41) is 0. The molecule has 0 saturated carbocycles. The fraction of sp³-hybridized carbons (Fsp3) is 0.737. The number of piperazine rings is 1. The van der Waals surface area contributed by atoms with E-state index >= 15 is 0 Å². The van der Waals surface area contributed by atoms with Crippen LogP contribution < -0.4 is 4.90 Å². The monoisotopic (exact) mass is 394 g/mol. The fourth-order valence-corrected chi connectivity index (χ4v) is 5.59. The topological polar surface area (TPSA) is 66.0 Å². The van der Waals surface area contributed by atoms with Crippen LogP contribution in [0.15, 0.2) is 24.4 Å². The second-order valence-electron chi connectivity index (χ2n) is 8.05. The maximum atomic E-state index is 11.8. The summed E-state index contributed by atoms with van der Waals surface area (Å²) in [7, 11) is -3.09. The molecule has 0 N–H and O–H groups in total. The third-order valence-electron chi connectivity index (χ3n) is 6.37. The van der Waals surface area contributed by atoms with E-state index in [1.54, 1.807) is 4.31 Å². The lowest BCUT2D eigenvalue weighted by Crippen LogP contribution is -2.57. The first-order valence-corrected chi connectivity index (χ1v) is 11.8. The molecule has 3 aliphatic heterocycles. The largest absolute Gasteiger partial charge is 0.375 e. The van der Waals surface area contributed by atoms with Gasteiger partial charge in [-0.05, 0) is 37.8 Å². The predicted octanol–water partition coefficient (Wildman–Crippen LogP) is 1.18. The summed E-state index contributed by atoms with van der Waals surface area (Å²) in [4.78, 5) is 9.43. The van der Waals surface area contributed by atoms with Gasteiger partial charge >= 0.3 is 0 Å². The lowest BCUT2D eigenvalue weighted by molar-refractivity contribution is -0.127. The number of ether oxygens (including phenoxy) is 1. The van der Waals surface area contributed by atoms with Crippen molar-refractivity contribution in [3.8, 4) is 0 Å². The molecule has 0 radical (unpaired) electrons. The molecular weight excluding hydrogens is 364 g/mol. The number of anilines is 1. The Hall–Kier alpha value is -1.22. The summed E-state index contributed by atoms with van der Waals surface area (Å²) in [6.45, 7) is 6.05. The molecule has 4 heterocycles. The van der Waals surface area contributed by atoms with Crippen LogP contribution in [0.4, 0.5) is 5.82 Å². The van der Waals surface area contributed by atoms with Crippen LogP contribution in [0.5, 0.6) is 0 Å². The fourth-order valence-electron chi connectivity index (χ4n) is 4.74. The van der Waals surface area contributed by atoms with Gasteiger partial charge in [-0.25, -0.2) is 17.7 Å². The van der Waals surface area contributed by atoms with Crippen LogP contribution in [0.1, 0.15) is 25.7 Å². The summed E-state index contributed by atoms with van der Waals surface area (Å²) < 4.78 is 31.4. The van der Waals surface area contributed by atoms with E-state index in [0.29, 0.717) is 19.1 Å². The molecule has 3 fully saturated rings. The van der Waals surface area contributed by atoms with Gasteiger partial charge in [0.15, 0.2) is 0 Å². The molecule has 0 bridgehead atoms. The average Bonchev–Trinajstić information content (AvgIpc) is 2.68. The van der Waals surface area contributed by atoms with E-state index < -0.39 is 10.0 Å². The van der Waals surface area contributed by atoms with Crippen LogP contribution in [0.25, 0.3) is 0 Å². The molecule has 150 valence electrons. The van der Waals surface area contributed by atoms with Gasteiger partial charge in [-0.15, -0.1) is 0 Å². The van der Waals surface area contributed by atoms with Gasteiger partial charge in [0.25, 0.3) is 0 Å². The smallest absolute Gasteiger partial charge is 0.211 e. The highest BCUT2D eigenvalue weighted by Gasteiger charge is 2.43. The van der Waals surface area contributed by atoms with Gasteiger partial charge in [0.1, 0.15) is 5.82 Å². The van der Waals surface area contributed by atoms with E-state index in [2.05, 4.69) is 20.9 Å². The molecule has 1 spiro atoms. The van der Waals surface area contributed by atoms with Gasteiger partial charge in [0.05, 0.1) is 11.9 Å². The summed E-state index contributed by atoms with van der Waals surface area (Å²) in [6.07, 6.45) is 6.87. The van der Waals surface area contributed by atoms with Crippen LogP contribution >= 0.6 is 0 Å². The number of hydrogen-bond donors (Lipinski definition) is 0. The van der Waals surface area contributed by atoms with Crippen LogP contribution in [0.3, 0.4) is 0 Å². The van der Waals surface area contributed by atoms with Crippen LogP contribution in [0, 0.1) is 0 Å². The SMILES string of the molecule is CS(=O)(=O)N1CCC2(CC1)C[C@@H](N1CCN(c3ccccn3)CC1)CCO2. The van der Waals surface area contributed by atoms with Gasteiger partial charge < -0.3 is 9.64 Å². The first-order chi connectivity index (χ1) is 13.0. The molecule has 1 aromatic rings. The Morgan fingerprint density at radius 1 is 1.11 bits per heavy atom. The lowest BCUT2D eigenvalue weighted by atomic mass is 9.82. The summed E-state index contributed by atoms with van der Waals surface area (Å²) in [6, 6.07) is 6.61. The maximum Gasteiger partial charge on any atom is 0.211 e. The van der Waals surface area contributed by atoms with Crippen LogP contribution in [-0.4, -0.2) is 86.4 Å². The number of piperidine rings is 1. The minimum atomic E-state index is -3.09. The number of nitrogens with zero attached hydrogens (tertiary/aromatic N) is 4. The molecule has 0 aromatic carbocycles. The van der Waals surface area contributed by atoms with Gasteiger partial charge in [-0.1, -0.05) is 6.07 Å². The summed E-state index contributed by atoms with van der Waals surface area (Å²) >= 11 is 0. The van der Waals surface area contributed by atoms with E-state index in [-0.39, 0.29) is 5.60 Å². The molecule has 3 aliphatic rings. The molecule has 1 aromatic heterocycles. The first-order valence-electron chi connectivity index (χ1n) is 9.94. The molecule has 4 rings (SSSR count). The lowest BCUT2D eigenvalue weighted by Gasteiger charge is -2.49. The molecular formula is C19H30N4O3S. The third kappa shape index (κ3) is 4.29. The molecule has 0 unspecified atom stereocenters. The molecule has 0 aliphatic carbocycles. The predicted molar refractivity (Wildman–Crippen MR) is 105 cm³/mol. The Bertz CT molecular complexity index is 727. The van der Waals surface area contributed by atoms with E-state index in [1.807, 2.05) is 18.3 Å². The summed E-state index contributed by atoms with van der Waals surface area (Å²) in [5.41, 5.74) is -0.137. The minimum absolute atomic E-state index is 0.137. The van der Waals surface area contributed by atoms with Crippen molar-refractivity contribution < 1.29 is 13.2 Å². The van der Waals surface area contributed by atoms with Crippen molar-refractivity contribution >= 4 is 15.8 Å². The maximum absolute atomic E-state index is 11.8. The molecule has 3 saturated heterocycles. The molecule has 7 nitrogen and oxygen atoms in total. The Morgan fingerprint density at radius 2 is 1.85 bits per heavy atom. The van der Waals surface area contributed by atoms with Gasteiger partial charge in [-0.2, -0.15) is 0 Å². The number of pyridine rings is 1. The zero-order valence-corrected chi connectivity index (χ0v) is 16.9. The summed E-state index contributed by atoms with van der Waals surface area (Å²) in [5.74, 6) is 1.06. The quantitative estimate of drug-likeness (QED) is 0.767. The van der Waals surface area contributed by atoms with Crippen LogP contribution in [0.2, 0.25) is 0 Å². The molecule has 27 heavy (non-hydrogen) atoms. The van der Waals surface area contributed by atoms with Gasteiger partial charge in [-0.3, -0.25) is 4.90 Å². The number of aromatic nitrogens is 1. The highest BCUT2D eigenvalue weighted by molar-refractivity contribution is 7.88. The van der Waals surface area contributed by atoms with E-state index in [0.717, 1.165) is 64.3 Å². The van der Waals surface area contributed by atoms with Gasteiger partial charge in [0, 0.05) is 58.1 Å². The number of hydrogen-bond acceptors (Lipinski definition) is 6. The Balaban J connectivity index is 1.33. The van der Waals surface area contributed by atoms with Crippen molar-refractivity contribution in [3.05, 3.63) is 24.4 Å².